The average Bonchev–Trinajstić information content (AvgIpc) is 3.28. The molecule has 0 spiro atoms. The lowest BCUT2D eigenvalue weighted by molar-refractivity contribution is 0.107. The smallest absolute Gasteiger partial charge is 0.173 e. The van der Waals surface area contributed by atoms with E-state index in [1.807, 2.05) is 47.1 Å². The standard InChI is InChI=1S/C23H30N6O2.ClH/c1-4-27-13-15-28(16-14-27)22(20-7-5-6-8-21(20)31-3)23-24-25-26-29(23)17-18-9-11-19(30-2)12-10-18;/h5-12,22H,4,13-17H2,1-3H3;1H. The predicted octanol–water partition coefficient (Wildman–Crippen LogP) is 2.89. The molecule has 4 rings (SSSR count). The van der Waals surface area contributed by atoms with E-state index >= 15 is 0 Å². The Hall–Kier alpha value is -2.68. The molecule has 32 heavy (non-hydrogen) atoms. The molecule has 1 atom stereocenters. The Morgan fingerprint density at radius 1 is 0.938 bits per heavy atom. The highest BCUT2D eigenvalue weighted by atomic mass is 35.5. The quantitative estimate of drug-likeness (QED) is 0.514. The van der Waals surface area contributed by atoms with Crippen molar-refractivity contribution < 1.29 is 9.47 Å². The van der Waals surface area contributed by atoms with E-state index < -0.39 is 0 Å². The SMILES string of the molecule is CCN1CCN(C(c2ccccc2OC)c2nnnn2Cc2ccc(OC)cc2)CC1.Cl. The summed E-state index contributed by atoms with van der Waals surface area (Å²) in [6.07, 6.45) is 0. The molecule has 2 aromatic carbocycles. The van der Waals surface area contributed by atoms with Gasteiger partial charge in [-0.2, -0.15) is 0 Å². The number of aromatic nitrogens is 4. The molecule has 1 unspecified atom stereocenters. The first-order valence-corrected chi connectivity index (χ1v) is 10.7. The van der Waals surface area contributed by atoms with Crippen LogP contribution in [0, 0.1) is 0 Å². The summed E-state index contributed by atoms with van der Waals surface area (Å²) in [5.74, 6) is 2.51. The molecule has 172 valence electrons. The van der Waals surface area contributed by atoms with Gasteiger partial charge in [0.25, 0.3) is 0 Å². The number of halogens is 1. The van der Waals surface area contributed by atoms with Crippen molar-refractivity contribution in [1.29, 1.82) is 0 Å². The van der Waals surface area contributed by atoms with Gasteiger partial charge in [-0.3, -0.25) is 4.90 Å². The van der Waals surface area contributed by atoms with Gasteiger partial charge in [-0.15, -0.1) is 17.5 Å². The molecular weight excluding hydrogens is 428 g/mol. The highest BCUT2D eigenvalue weighted by Gasteiger charge is 2.32. The molecule has 1 aromatic heterocycles. The van der Waals surface area contributed by atoms with Crippen LogP contribution in [0.5, 0.6) is 11.5 Å². The number of piperazine rings is 1. The molecule has 0 aliphatic carbocycles. The van der Waals surface area contributed by atoms with Crippen LogP contribution in [-0.2, 0) is 6.54 Å². The summed E-state index contributed by atoms with van der Waals surface area (Å²) < 4.78 is 12.9. The summed E-state index contributed by atoms with van der Waals surface area (Å²) in [7, 11) is 3.38. The minimum Gasteiger partial charge on any atom is -0.497 e. The third-order valence-corrected chi connectivity index (χ3v) is 5.95. The molecule has 0 bridgehead atoms. The highest BCUT2D eigenvalue weighted by Crippen LogP contribution is 2.34. The first kappa shape index (κ1) is 24.0. The van der Waals surface area contributed by atoms with Crippen LogP contribution in [0.4, 0.5) is 0 Å². The summed E-state index contributed by atoms with van der Waals surface area (Å²) in [5.41, 5.74) is 2.20. The molecular formula is C23H31ClN6O2. The van der Waals surface area contributed by atoms with E-state index in [2.05, 4.69) is 38.3 Å². The normalized spacial score (nSPS) is 15.7. The fourth-order valence-corrected chi connectivity index (χ4v) is 4.15. The van der Waals surface area contributed by atoms with Crippen LogP contribution in [-0.4, -0.2) is 77.0 Å². The van der Waals surface area contributed by atoms with Crippen LogP contribution in [0.25, 0.3) is 0 Å². The van der Waals surface area contributed by atoms with Gasteiger partial charge in [-0.25, -0.2) is 4.68 Å². The Balaban J connectivity index is 0.00000289. The van der Waals surface area contributed by atoms with Gasteiger partial charge in [0.1, 0.15) is 17.5 Å². The second-order valence-corrected chi connectivity index (χ2v) is 7.66. The molecule has 0 amide bonds. The number of nitrogens with zero attached hydrogens (tertiary/aromatic N) is 6. The van der Waals surface area contributed by atoms with E-state index in [1.54, 1.807) is 14.2 Å². The van der Waals surface area contributed by atoms with Crippen molar-refractivity contribution in [3.8, 4) is 11.5 Å². The molecule has 8 nitrogen and oxygen atoms in total. The zero-order chi connectivity index (χ0) is 21.6. The average molecular weight is 459 g/mol. The number of methoxy groups -OCH3 is 2. The second kappa shape index (κ2) is 11.3. The number of ether oxygens (including phenoxy) is 2. The summed E-state index contributed by atoms with van der Waals surface area (Å²) in [4.78, 5) is 4.93. The third-order valence-electron chi connectivity index (χ3n) is 5.95. The molecule has 0 radical (unpaired) electrons. The molecule has 3 aromatic rings. The zero-order valence-corrected chi connectivity index (χ0v) is 19.7. The first-order chi connectivity index (χ1) is 15.2. The van der Waals surface area contributed by atoms with Gasteiger partial charge in [0.15, 0.2) is 5.82 Å². The summed E-state index contributed by atoms with van der Waals surface area (Å²) in [6.45, 7) is 7.83. The van der Waals surface area contributed by atoms with Gasteiger partial charge in [0.05, 0.1) is 20.8 Å². The lowest BCUT2D eigenvalue weighted by Crippen LogP contribution is -2.48. The van der Waals surface area contributed by atoms with Gasteiger partial charge in [-0.05, 0) is 40.7 Å². The van der Waals surface area contributed by atoms with Crippen molar-refractivity contribution in [2.24, 2.45) is 0 Å². The van der Waals surface area contributed by atoms with Crippen LogP contribution in [0.2, 0.25) is 0 Å². The zero-order valence-electron chi connectivity index (χ0n) is 18.8. The van der Waals surface area contributed by atoms with Gasteiger partial charge in [0.2, 0.25) is 0 Å². The van der Waals surface area contributed by atoms with Gasteiger partial charge >= 0.3 is 0 Å². The maximum atomic E-state index is 5.71. The van der Waals surface area contributed by atoms with E-state index in [9.17, 15) is 0 Å². The molecule has 1 saturated heterocycles. The maximum Gasteiger partial charge on any atom is 0.173 e. The molecule has 1 aliphatic rings. The maximum absolute atomic E-state index is 5.71. The van der Waals surface area contributed by atoms with Crippen LogP contribution in [0.3, 0.4) is 0 Å². The number of likely N-dealkylation sites (N-methyl/N-ethyl adjacent to an activating group) is 1. The van der Waals surface area contributed by atoms with Gasteiger partial charge in [0, 0.05) is 31.7 Å². The minimum atomic E-state index is -0.0802. The number of tetrazole rings is 1. The van der Waals surface area contributed by atoms with Crippen molar-refractivity contribution in [2.45, 2.75) is 19.5 Å². The van der Waals surface area contributed by atoms with Gasteiger partial charge in [-0.1, -0.05) is 37.3 Å². The highest BCUT2D eigenvalue weighted by molar-refractivity contribution is 5.85. The fourth-order valence-electron chi connectivity index (χ4n) is 4.15. The predicted molar refractivity (Wildman–Crippen MR) is 126 cm³/mol. The van der Waals surface area contributed by atoms with Gasteiger partial charge < -0.3 is 14.4 Å². The lowest BCUT2D eigenvalue weighted by Gasteiger charge is -2.38. The largest absolute Gasteiger partial charge is 0.497 e. The Morgan fingerprint density at radius 3 is 2.31 bits per heavy atom. The molecule has 1 aliphatic heterocycles. The Bertz CT molecular complexity index is 973. The van der Waals surface area contributed by atoms with Crippen molar-refractivity contribution >= 4 is 12.4 Å². The Morgan fingerprint density at radius 2 is 1.66 bits per heavy atom. The van der Waals surface area contributed by atoms with Crippen molar-refractivity contribution in [3.05, 3.63) is 65.5 Å². The summed E-state index contributed by atoms with van der Waals surface area (Å²) in [6, 6.07) is 16.1. The van der Waals surface area contributed by atoms with Crippen LogP contribution in [0.1, 0.15) is 29.9 Å². The minimum absolute atomic E-state index is 0. The number of para-hydroxylation sites is 1. The van der Waals surface area contributed by atoms with Crippen LogP contribution < -0.4 is 9.47 Å². The lowest BCUT2D eigenvalue weighted by atomic mass is 10.0. The van der Waals surface area contributed by atoms with Crippen molar-refractivity contribution in [1.82, 2.24) is 30.0 Å². The second-order valence-electron chi connectivity index (χ2n) is 7.66. The van der Waals surface area contributed by atoms with E-state index in [1.165, 1.54) is 0 Å². The number of hydrogen-bond acceptors (Lipinski definition) is 7. The summed E-state index contributed by atoms with van der Waals surface area (Å²) >= 11 is 0. The first-order valence-electron chi connectivity index (χ1n) is 10.7. The van der Waals surface area contributed by atoms with Crippen molar-refractivity contribution in [3.63, 3.8) is 0 Å². The van der Waals surface area contributed by atoms with Crippen LogP contribution in [0.15, 0.2) is 48.5 Å². The third kappa shape index (κ3) is 5.20. The van der Waals surface area contributed by atoms with E-state index in [4.69, 9.17) is 9.47 Å². The molecule has 0 N–H and O–H groups in total. The molecule has 1 fully saturated rings. The Labute approximate surface area is 195 Å². The molecule has 9 heteroatoms. The van der Waals surface area contributed by atoms with Crippen molar-refractivity contribution in [2.75, 3.05) is 46.9 Å². The van der Waals surface area contributed by atoms with E-state index in [0.29, 0.717) is 6.54 Å². The fraction of sp³-hybridized carbons (Fsp3) is 0.435. The number of benzene rings is 2. The van der Waals surface area contributed by atoms with E-state index in [-0.39, 0.29) is 18.4 Å². The van der Waals surface area contributed by atoms with E-state index in [0.717, 1.165) is 61.2 Å². The molecule has 2 heterocycles. The Kier molecular flexibility index (Phi) is 8.44. The number of hydrogen-bond donors (Lipinski definition) is 0. The summed E-state index contributed by atoms with van der Waals surface area (Å²) in [5, 5.41) is 12.8. The number of rotatable bonds is 8. The molecule has 0 saturated carbocycles. The van der Waals surface area contributed by atoms with Crippen LogP contribution >= 0.6 is 12.4 Å². The monoisotopic (exact) mass is 458 g/mol. The topological polar surface area (TPSA) is 68.5 Å².